The van der Waals surface area contributed by atoms with Crippen LogP contribution in [0.25, 0.3) is 0 Å². The number of aryl methyl sites for hydroxylation is 1. The second-order valence-corrected chi connectivity index (χ2v) is 17.6. The van der Waals surface area contributed by atoms with Gasteiger partial charge in [0.2, 0.25) is 39.6 Å². The first kappa shape index (κ1) is 57.2. The zero-order valence-corrected chi connectivity index (χ0v) is 38.1. The molecule has 0 spiro atoms. The van der Waals surface area contributed by atoms with E-state index >= 15 is 0 Å². The van der Waals surface area contributed by atoms with Gasteiger partial charge in [0.1, 0.15) is 17.9 Å². The monoisotopic (exact) mass is 932 g/mol. The zero-order chi connectivity index (χ0) is 47.3. The lowest BCUT2D eigenvalue weighted by atomic mass is 10.0. The Morgan fingerprint density at radius 1 is 0.562 bits per heavy atom. The Hall–Kier alpha value is -4.77. The van der Waals surface area contributed by atoms with E-state index in [0.29, 0.717) is 25.7 Å². The number of amides is 5. The third kappa shape index (κ3) is 32.8. The van der Waals surface area contributed by atoms with Crippen LogP contribution >= 0.6 is 0 Å². The van der Waals surface area contributed by atoms with Gasteiger partial charge >= 0.3 is 11.9 Å². The number of carboxylic acid groups (broad SMARTS) is 2. The van der Waals surface area contributed by atoms with Crippen molar-refractivity contribution in [2.45, 2.75) is 173 Å². The molecule has 23 heteroatoms. The predicted molar refractivity (Wildman–Crippen MR) is 234 cm³/mol. The molecular formula is C41H73N9O13S. The van der Waals surface area contributed by atoms with Crippen LogP contribution in [-0.2, 0) is 54.7 Å². The minimum atomic E-state index is -3.86. The molecule has 5 amide bonds. The van der Waals surface area contributed by atoms with Crippen molar-refractivity contribution < 1.29 is 62.0 Å². The van der Waals surface area contributed by atoms with E-state index in [2.05, 4.69) is 46.6 Å². The number of aromatic nitrogens is 4. The summed E-state index contributed by atoms with van der Waals surface area (Å²) in [4.78, 5) is 84.3. The van der Waals surface area contributed by atoms with Crippen molar-refractivity contribution in [2.75, 3.05) is 38.7 Å². The second-order valence-electron chi connectivity index (χ2n) is 15.7. The number of carbonyl (C=O) groups excluding carboxylic acids is 5. The summed E-state index contributed by atoms with van der Waals surface area (Å²) in [5.74, 6) is -4.96. The van der Waals surface area contributed by atoms with Gasteiger partial charge in [-0.3, -0.25) is 28.7 Å². The highest BCUT2D eigenvalue weighted by Gasteiger charge is 2.24. The number of carboxylic acids is 2. The summed E-state index contributed by atoms with van der Waals surface area (Å²) in [5.41, 5.74) is 0. The second kappa shape index (κ2) is 36.6. The largest absolute Gasteiger partial charge is 0.480 e. The maximum absolute atomic E-state index is 12.4. The molecule has 1 aromatic heterocycles. The molecule has 64 heavy (non-hydrogen) atoms. The number of ether oxygens (including phenoxy) is 1. The minimum absolute atomic E-state index is 0.0158. The van der Waals surface area contributed by atoms with Gasteiger partial charge in [-0.05, 0) is 55.4 Å². The average Bonchev–Trinajstić information content (AvgIpc) is 3.76. The van der Waals surface area contributed by atoms with E-state index in [-0.39, 0.29) is 89.5 Å². The Morgan fingerprint density at radius 2 is 1.03 bits per heavy atom. The van der Waals surface area contributed by atoms with Gasteiger partial charge in [-0.15, -0.1) is 5.10 Å². The molecule has 9 N–H and O–H groups in total. The van der Waals surface area contributed by atoms with Gasteiger partial charge in [-0.1, -0.05) is 77.0 Å². The molecule has 1 rings (SSSR count). The smallest absolute Gasteiger partial charge is 0.326 e. The topological polar surface area (TPSA) is 338 Å². The SMILES string of the molecule is O=C(CCCS(=O)(=O)NC(=O)CCCCCCCCCCCCCCCc1nnn[nH]1)NCCCCCC(=O)N[C@@H](CCC(=O)N[C@@H](CCC(=O)NCCOCCO)C(=O)O)C(=O)O. The molecule has 366 valence electrons. The molecular weight excluding hydrogens is 859 g/mol. The summed E-state index contributed by atoms with van der Waals surface area (Å²) in [6.07, 6.45) is 15.7. The molecule has 2 atom stereocenters. The van der Waals surface area contributed by atoms with Gasteiger partial charge in [0, 0.05) is 51.6 Å². The molecule has 1 aromatic rings. The van der Waals surface area contributed by atoms with Crippen molar-refractivity contribution in [1.82, 2.24) is 46.6 Å². The van der Waals surface area contributed by atoms with Gasteiger partial charge in [0.05, 0.1) is 25.6 Å². The average molecular weight is 932 g/mol. The number of nitrogens with one attached hydrogen (secondary N) is 6. The molecule has 0 aliphatic heterocycles. The highest BCUT2D eigenvalue weighted by Crippen LogP contribution is 2.14. The normalized spacial score (nSPS) is 12.2. The van der Waals surface area contributed by atoms with Gasteiger partial charge in [-0.2, -0.15) is 0 Å². The third-order valence-electron chi connectivity index (χ3n) is 10.1. The highest BCUT2D eigenvalue weighted by atomic mass is 32.2. The molecule has 0 aromatic carbocycles. The van der Waals surface area contributed by atoms with Gasteiger partial charge < -0.3 is 41.3 Å². The van der Waals surface area contributed by atoms with Crippen LogP contribution in [0.1, 0.15) is 160 Å². The van der Waals surface area contributed by atoms with E-state index in [0.717, 1.165) is 44.3 Å². The van der Waals surface area contributed by atoms with E-state index in [1.807, 2.05) is 0 Å². The van der Waals surface area contributed by atoms with Crippen molar-refractivity contribution in [3.63, 3.8) is 0 Å². The fourth-order valence-electron chi connectivity index (χ4n) is 6.53. The number of sulfonamides is 1. The number of tetrazole rings is 1. The number of nitrogens with zero attached hydrogens (tertiary/aromatic N) is 3. The van der Waals surface area contributed by atoms with Crippen LogP contribution in [0.3, 0.4) is 0 Å². The standard InChI is InChI=1S/C41H73N9O13S/c51-28-30-63-29-27-43-36(53)24-22-32(40(57)58)45-38(55)25-23-33(41(59)60)44-37(54)19-15-12-16-26-42-35(52)21-17-31-64(61,62)48-39(56)20-14-11-9-7-5-3-1-2-4-6-8-10-13-18-34-46-49-50-47-34/h32-33,51H,1-31H2,(H,42,52)(H,43,53)(H,44,54)(H,45,55)(H,48,56)(H,57,58)(H,59,60)(H,46,47,49,50)/t32-,33-/m0/s1. The molecule has 0 fully saturated rings. The zero-order valence-electron chi connectivity index (χ0n) is 37.2. The number of rotatable bonds is 42. The van der Waals surface area contributed by atoms with E-state index < -0.39 is 64.1 Å². The molecule has 0 radical (unpaired) electrons. The quantitative estimate of drug-likeness (QED) is 0.0423. The van der Waals surface area contributed by atoms with Crippen LogP contribution in [0.5, 0.6) is 0 Å². The van der Waals surface area contributed by atoms with Crippen LogP contribution in [-0.4, -0.2) is 137 Å². The number of unbranched alkanes of at least 4 members (excludes halogenated alkanes) is 14. The van der Waals surface area contributed by atoms with E-state index in [1.54, 1.807) is 0 Å². The molecule has 0 saturated carbocycles. The lowest BCUT2D eigenvalue weighted by Crippen LogP contribution is -2.44. The number of carbonyl (C=O) groups is 7. The number of H-pyrrole nitrogens is 1. The number of hydrogen-bond donors (Lipinski definition) is 9. The number of aliphatic hydroxyl groups is 1. The maximum atomic E-state index is 12.4. The molecule has 22 nitrogen and oxygen atoms in total. The Balaban J connectivity index is 2.08. The lowest BCUT2D eigenvalue weighted by Gasteiger charge is -2.17. The Morgan fingerprint density at radius 3 is 1.58 bits per heavy atom. The first-order chi connectivity index (χ1) is 30.7. The Kier molecular flexibility index (Phi) is 32.7. The first-order valence-electron chi connectivity index (χ1n) is 22.7. The molecule has 0 aliphatic rings. The van der Waals surface area contributed by atoms with Crippen molar-refractivity contribution >= 4 is 51.5 Å². The summed E-state index contributed by atoms with van der Waals surface area (Å²) in [7, 11) is -3.86. The summed E-state index contributed by atoms with van der Waals surface area (Å²) in [6, 6.07) is -2.79. The van der Waals surface area contributed by atoms with Crippen molar-refractivity contribution in [3.05, 3.63) is 5.82 Å². The molecule has 0 aliphatic carbocycles. The molecule has 0 bridgehead atoms. The Labute approximate surface area is 376 Å². The molecule has 0 unspecified atom stereocenters. The summed E-state index contributed by atoms with van der Waals surface area (Å²) in [6.45, 7) is 0.546. The highest BCUT2D eigenvalue weighted by molar-refractivity contribution is 7.90. The lowest BCUT2D eigenvalue weighted by molar-refractivity contribution is -0.143. The number of aliphatic carboxylic acids is 2. The summed E-state index contributed by atoms with van der Waals surface area (Å²) >= 11 is 0. The fraction of sp³-hybridized carbons (Fsp3) is 0.805. The van der Waals surface area contributed by atoms with Crippen molar-refractivity contribution in [3.8, 4) is 0 Å². The Bertz CT molecular complexity index is 1600. The van der Waals surface area contributed by atoms with Crippen LogP contribution < -0.4 is 26.0 Å². The number of hydrogen-bond acceptors (Lipinski definition) is 14. The van der Waals surface area contributed by atoms with Crippen LogP contribution in [0.15, 0.2) is 0 Å². The number of aromatic amines is 1. The van der Waals surface area contributed by atoms with Gasteiger partial charge in [0.25, 0.3) is 0 Å². The predicted octanol–water partition coefficient (Wildman–Crippen LogP) is 1.93. The van der Waals surface area contributed by atoms with Crippen LogP contribution in [0.4, 0.5) is 0 Å². The maximum Gasteiger partial charge on any atom is 0.326 e. The minimum Gasteiger partial charge on any atom is -0.480 e. The summed E-state index contributed by atoms with van der Waals surface area (Å²) < 4.78 is 31.7. The molecule has 1 heterocycles. The third-order valence-corrected chi connectivity index (χ3v) is 11.5. The van der Waals surface area contributed by atoms with E-state index in [1.165, 1.54) is 44.9 Å². The number of aliphatic hydroxyl groups excluding tert-OH is 1. The fourth-order valence-corrected chi connectivity index (χ4v) is 7.60. The van der Waals surface area contributed by atoms with Crippen LogP contribution in [0.2, 0.25) is 0 Å². The van der Waals surface area contributed by atoms with Gasteiger partial charge in [-0.25, -0.2) is 23.1 Å². The summed E-state index contributed by atoms with van der Waals surface area (Å²) in [5, 5.41) is 51.2. The molecule has 0 saturated heterocycles. The van der Waals surface area contributed by atoms with Crippen LogP contribution in [0, 0.1) is 0 Å². The van der Waals surface area contributed by atoms with Crippen molar-refractivity contribution in [2.24, 2.45) is 0 Å². The van der Waals surface area contributed by atoms with Crippen molar-refractivity contribution in [1.29, 1.82) is 0 Å². The van der Waals surface area contributed by atoms with E-state index in [9.17, 15) is 52.2 Å². The van der Waals surface area contributed by atoms with Gasteiger partial charge in [0.15, 0.2) is 0 Å². The first-order valence-corrected chi connectivity index (χ1v) is 24.4. The van der Waals surface area contributed by atoms with E-state index in [4.69, 9.17) is 9.84 Å².